The molecule has 2 heterocycles. The maximum absolute atomic E-state index is 5.26. The van der Waals surface area contributed by atoms with Gasteiger partial charge in [0.2, 0.25) is 0 Å². The minimum atomic E-state index is 0.775. The van der Waals surface area contributed by atoms with Gasteiger partial charge in [-0.25, -0.2) is 0 Å². The van der Waals surface area contributed by atoms with E-state index in [0.29, 0.717) is 0 Å². The van der Waals surface area contributed by atoms with Gasteiger partial charge in [-0.3, -0.25) is 0 Å². The first-order chi connectivity index (χ1) is 6.74. The van der Waals surface area contributed by atoms with Crippen molar-refractivity contribution in [1.82, 2.24) is 4.40 Å². The molecule has 0 saturated heterocycles. The number of halogens is 1. The molecule has 0 fully saturated rings. The van der Waals surface area contributed by atoms with Crippen molar-refractivity contribution in [3.8, 4) is 11.5 Å². The molecule has 3 nitrogen and oxygen atoms in total. The van der Waals surface area contributed by atoms with Gasteiger partial charge in [0, 0.05) is 16.7 Å². The summed E-state index contributed by atoms with van der Waals surface area (Å²) in [6.07, 6.45) is 3.86. The van der Waals surface area contributed by atoms with Crippen molar-refractivity contribution in [3.05, 3.63) is 29.0 Å². The highest BCUT2D eigenvalue weighted by Gasteiger charge is 2.06. The lowest BCUT2D eigenvalue weighted by Crippen LogP contribution is -1.91. The number of aromatic nitrogens is 1. The molecule has 0 aliphatic rings. The summed E-state index contributed by atoms with van der Waals surface area (Å²) < 4.78 is 13.4. The van der Waals surface area contributed by atoms with Gasteiger partial charge in [-0.05, 0) is 22.0 Å². The molecule has 2 aromatic rings. The van der Waals surface area contributed by atoms with Gasteiger partial charge < -0.3 is 13.9 Å². The third-order valence-electron chi connectivity index (χ3n) is 2.06. The third kappa shape index (κ3) is 1.46. The van der Waals surface area contributed by atoms with E-state index >= 15 is 0 Å². The molecule has 0 amide bonds. The Balaban J connectivity index is 2.72. The summed E-state index contributed by atoms with van der Waals surface area (Å²) >= 11 is 3.42. The quantitative estimate of drug-likeness (QED) is 0.824. The summed E-state index contributed by atoms with van der Waals surface area (Å²) in [6.45, 7) is 0. The predicted octanol–water partition coefficient (Wildman–Crippen LogP) is 2.72. The molecule has 0 aliphatic heterocycles. The molecule has 0 spiro atoms. The van der Waals surface area contributed by atoms with Gasteiger partial charge in [-0.15, -0.1) is 0 Å². The lowest BCUT2D eigenvalue weighted by molar-refractivity contribution is 0.393. The molecule has 14 heavy (non-hydrogen) atoms. The second-order valence-corrected chi connectivity index (χ2v) is 3.81. The highest BCUT2D eigenvalue weighted by Crippen LogP contribution is 2.28. The molecule has 2 rings (SSSR count). The van der Waals surface area contributed by atoms with Crippen LogP contribution in [0.2, 0.25) is 0 Å². The first-order valence-electron chi connectivity index (χ1n) is 4.14. The van der Waals surface area contributed by atoms with Crippen LogP contribution in [0, 0.1) is 0 Å². The Hall–Kier alpha value is -1.16. The summed E-state index contributed by atoms with van der Waals surface area (Å²) in [7, 11) is 3.29. The number of rotatable bonds is 2. The molecule has 0 atom stereocenters. The largest absolute Gasteiger partial charge is 0.495 e. The fourth-order valence-corrected chi connectivity index (χ4v) is 1.84. The van der Waals surface area contributed by atoms with Crippen molar-refractivity contribution in [1.29, 1.82) is 0 Å². The number of hydrogen-bond acceptors (Lipinski definition) is 2. The first-order valence-corrected chi connectivity index (χ1v) is 4.93. The highest BCUT2D eigenvalue weighted by atomic mass is 79.9. The second kappa shape index (κ2) is 3.53. The van der Waals surface area contributed by atoms with Crippen LogP contribution in [0.4, 0.5) is 0 Å². The maximum atomic E-state index is 5.26. The second-order valence-electron chi connectivity index (χ2n) is 2.90. The van der Waals surface area contributed by atoms with Gasteiger partial charge >= 0.3 is 0 Å². The van der Waals surface area contributed by atoms with E-state index < -0.39 is 0 Å². The molecule has 0 radical (unpaired) electrons. The molecule has 2 aromatic heterocycles. The van der Waals surface area contributed by atoms with Gasteiger partial charge in [0.15, 0.2) is 0 Å². The van der Waals surface area contributed by atoms with Crippen molar-refractivity contribution >= 4 is 21.4 Å². The molecular formula is C10H10BrNO2. The Morgan fingerprint density at radius 1 is 1.14 bits per heavy atom. The van der Waals surface area contributed by atoms with Crippen LogP contribution in [-0.4, -0.2) is 18.6 Å². The molecule has 4 heteroatoms. The normalized spacial score (nSPS) is 10.5. The standard InChI is InChI=1S/C10H10BrNO2/c1-13-8-4-10(14-2)9-3-7(11)5-12(9)6-8/h3-6H,1-2H3. The molecule has 74 valence electrons. The Labute approximate surface area is 90.4 Å². The number of ether oxygens (including phenoxy) is 2. The average molecular weight is 256 g/mol. The van der Waals surface area contributed by atoms with Gasteiger partial charge in [-0.1, -0.05) is 0 Å². The summed E-state index contributed by atoms with van der Waals surface area (Å²) in [6, 6.07) is 3.86. The van der Waals surface area contributed by atoms with Crippen molar-refractivity contribution in [2.75, 3.05) is 14.2 Å². The first kappa shape index (κ1) is 9.40. The minimum absolute atomic E-state index is 0.775. The number of hydrogen-bond donors (Lipinski definition) is 0. The predicted molar refractivity (Wildman–Crippen MR) is 58.2 cm³/mol. The lowest BCUT2D eigenvalue weighted by atomic mass is 10.3. The Morgan fingerprint density at radius 2 is 1.93 bits per heavy atom. The number of fused-ring (bicyclic) bond motifs is 1. The fourth-order valence-electron chi connectivity index (χ4n) is 1.40. The van der Waals surface area contributed by atoms with E-state index in [-0.39, 0.29) is 0 Å². The number of methoxy groups -OCH3 is 2. The Kier molecular flexibility index (Phi) is 2.37. The van der Waals surface area contributed by atoms with E-state index in [4.69, 9.17) is 9.47 Å². The summed E-state index contributed by atoms with van der Waals surface area (Å²) in [5.74, 6) is 1.58. The van der Waals surface area contributed by atoms with E-state index in [1.54, 1.807) is 14.2 Å². The summed E-state index contributed by atoms with van der Waals surface area (Å²) in [4.78, 5) is 0. The van der Waals surface area contributed by atoms with Crippen molar-refractivity contribution in [3.63, 3.8) is 0 Å². The average Bonchev–Trinajstić information content (AvgIpc) is 2.56. The zero-order valence-electron chi connectivity index (χ0n) is 7.95. The van der Waals surface area contributed by atoms with Crippen LogP contribution in [0.3, 0.4) is 0 Å². The van der Waals surface area contributed by atoms with Gasteiger partial charge in [-0.2, -0.15) is 0 Å². The summed E-state index contributed by atoms with van der Waals surface area (Å²) in [5, 5.41) is 0. The smallest absolute Gasteiger partial charge is 0.146 e. The molecule has 0 bridgehead atoms. The van der Waals surface area contributed by atoms with Crippen LogP contribution >= 0.6 is 15.9 Å². The van der Waals surface area contributed by atoms with E-state index in [9.17, 15) is 0 Å². The summed E-state index contributed by atoms with van der Waals surface area (Å²) in [5.41, 5.74) is 1.01. The Bertz CT molecular complexity index is 464. The lowest BCUT2D eigenvalue weighted by Gasteiger charge is -2.06. The van der Waals surface area contributed by atoms with Gasteiger partial charge in [0.1, 0.15) is 11.5 Å². The molecular weight excluding hydrogens is 246 g/mol. The minimum Gasteiger partial charge on any atom is -0.495 e. The van der Waals surface area contributed by atoms with Crippen LogP contribution in [0.1, 0.15) is 0 Å². The van der Waals surface area contributed by atoms with Crippen LogP contribution < -0.4 is 9.47 Å². The van der Waals surface area contributed by atoms with E-state index in [1.165, 1.54) is 0 Å². The molecule has 0 aliphatic carbocycles. The van der Waals surface area contributed by atoms with Crippen LogP contribution in [-0.2, 0) is 0 Å². The van der Waals surface area contributed by atoms with Crippen molar-refractivity contribution in [2.45, 2.75) is 0 Å². The third-order valence-corrected chi connectivity index (χ3v) is 2.50. The van der Waals surface area contributed by atoms with Gasteiger partial charge in [0.25, 0.3) is 0 Å². The zero-order chi connectivity index (χ0) is 10.1. The van der Waals surface area contributed by atoms with Crippen molar-refractivity contribution in [2.24, 2.45) is 0 Å². The van der Waals surface area contributed by atoms with Crippen LogP contribution in [0.25, 0.3) is 5.52 Å². The maximum Gasteiger partial charge on any atom is 0.146 e. The Morgan fingerprint density at radius 3 is 2.57 bits per heavy atom. The van der Waals surface area contributed by atoms with Crippen LogP contribution in [0.5, 0.6) is 11.5 Å². The molecule has 0 aromatic carbocycles. The van der Waals surface area contributed by atoms with E-state index in [0.717, 1.165) is 21.5 Å². The SMILES string of the molecule is COc1cc(OC)c2cc(Br)cn2c1. The number of nitrogens with zero attached hydrogens (tertiary/aromatic N) is 1. The molecule has 0 saturated carbocycles. The number of pyridine rings is 1. The topological polar surface area (TPSA) is 22.9 Å². The van der Waals surface area contributed by atoms with Gasteiger partial charge in [0.05, 0.1) is 25.9 Å². The molecule has 0 N–H and O–H groups in total. The zero-order valence-corrected chi connectivity index (χ0v) is 9.54. The van der Waals surface area contributed by atoms with E-state index in [2.05, 4.69) is 15.9 Å². The monoisotopic (exact) mass is 255 g/mol. The molecule has 0 unspecified atom stereocenters. The highest BCUT2D eigenvalue weighted by molar-refractivity contribution is 9.10. The van der Waals surface area contributed by atoms with E-state index in [1.807, 2.05) is 28.9 Å². The van der Waals surface area contributed by atoms with Crippen molar-refractivity contribution < 1.29 is 9.47 Å². The van der Waals surface area contributed by atoms with Crippen LogP contribution in [0.15, 0.2) is 29.0 Å². The fraction of sp³-hybridized carbons (Fsp3) is 0.200.